The highest BCUT2D eigenvalue weighted by Crippen LogP contribution is 2.25. The van der Waals surface area contributed by atoms with Crippen LogP contribution in [0.2, 0.25) is 0 Å². The van der Waals surface area contributed by atoms with Crippen LogP contribution < -0.4 is 10.5 Å². The Balaban J connectivity index is 1.55. The van der Waals surface area contributed by atoms with E-state index in [0.29, 0.717) is 36.6 Å². The smallest absolute Gasteiger partial charge is 0.270 e. The average Bonchev–Trinajstić information content (AvgIpc) is 3.09. The molecular formula is C25H32N4O2. The van der Waals surface area contributed by atoms with Crippen molar-refractivity contribution in [1.29, 1.82) is 0 Å². The molecule has 164 valence electrons. The summed E-state index contributed by atoms with van der Waals surface area (Å²) in [4.78, 5) is 30.5. The summed E-state index contributed by atoms with van der Waals surface area (Å²) in [5, 5.41) is 0.614. The summed E-state index contributed by atoms with van der Waals surface area (Å²) in [5.41, 5.74) is 5.20. The molecule has 1 fully saturated rings. The van der Waals surface area contributed by atoms with Gasteiger partial charge in [-0.2, -0.15) is 0 Å². The van der Waals surface area contributed by atoms with Gasteiger partial charge < -0.3 is 18.9 Å². The molecule has 1 aliphatic heterocycles. The first kappa shape index (κ1) is 21.2. The molecule has 0 spiro atoms. The average molecular weight is 421 g/mol. The molecule has 4 rings (SSSR count). The Hall–Kier alpha value is -3.02. The highest BCUT2D eigenvalue weighted by molar-refractivity contribution is 5.98. The fraction of sp³-hybridized carbons (Fsp3) is 0.440. The number of carbonyl (C=O) groups is 1. The van der Waals surface area contributed by atoms with Crippen LogP contribution in [0.15, 0.2) is 41.3 Å². The minimum absolute atomic E-state index is 0.00544. The highest BCUT2D eigenvalue weighted by atomic mass is 16.2. The molecule has 0 saturated carbocycles. The van der Waals surface area contributed by atoms with Crippen molar-refractivity contribution in [2.75, 3.05) is 31.1 Å². The first-order chi connectivity index (χ1) is 14.8. The van der Waals surface area contributed by atoms with Crippen molar-refractivity contribution in [3.05, 3.63) is 63.7 Å². The SMILES string of the molecule is Cc1cccc(N2CCN(C(=O)c3cc4c(=O)n(CC(C)C)ccc4n3C)CC2)c1C. The van der Waals surface area contributed by atoms with E-state index >= 15 is 0 Å². The van der Waals surface area contributed by atoms with E-state index in [4.69, 9.17) is 0 Å². The summed E-state index contributed by atoms with van der Waals surface area (Å²) in [6, 6.07) is 10.1. The fourth-order valence-electron chi connectivity index (χ4n) is 4.51. The number of hydrogen-bond acceptors (Lipinski definition) is 3. The molecule has 0 aliphatic carbocycles. The van der Waals surface area contributed by atoms with E-state index in [1.54, 1.807) is 10.6 Å². The zero-order chi connectivity index (χ0) is 22.3. The molecule has 0 unspecified atom stereocenters. The van der Waals surface area contributed by atoms with Gasteiger partial charge in [-0.15, -0.1) is 0 Å². The number of piperazine rings is 1. The minimum Gasteiger partial charge on any atom is -0.368 e. The number of aryl methyl sites for hydroxylation is 2. The second kappa shape index (κ2) is 8.25. The zero-order valence-electron chi connectivity index (χ0n) is 19.2. The number of amides is 1. The maximum Gasteiger partial charge on any atom is 0.270 e. The van der Waals surface area contributed by atoms with Crippen LogP contribution in [0.4, 0.5) is 5.69 Å². The van der Waals surface area contributed by atoms with Crippen LogP contribution in [0.25, 0.3) is 10.9 Å². The second-order valence-corrected chi connectivity index (χ2v) is 9.05. The number of rotatable bonds is 4. The van der Waals surface area contributed by atoms with Gasteiger partial charge in [0.1, 0.15) is 5.69 Å². The Bertz CT molecular complexity index is 1180. The highest BCUT2D eigenvalue weighted by Gasteiger charge is 2.26. The van der Waals surface area contributed by atoms with Crippen molar-refractivity contribution < 1.29 is 4.79 Å². The van der Waals surface area contributed by atoms with Crippen molar-refractivity contribution >= 4 is 22.5 Å². The lowest BCUT2D eigenvalue weighted by molar-refractivity contribution is 0.0737. The van der Waals surface area contributed by atoms with E-state index in [1.165, 1.54) is 16.8 Å². The van der Waals surface area contributed by atoms with Crippen LogP contribution in [0, 0.1) is 19.8 Å². The monoisotopic (exact) mass is 420 g/mol. The van der Waals surface area contributed by atoms with Gasteiger partial charge in [-0.1, -0.05) is 26.0 Å². The van der Waals surface area contributed by atoms with Crippen molar-refractivity contribution in [1.82, 2.24) is 14.0 Å². The fourth-order valence-corrected chi connectivity index (χ4v) is 4.51. The van der Waals surface area contributed by atoms with Gasteiger partial charge in [0.05, 0.1) is 10.9 Å². The van der Waals surface area contributed by atoms with Gasteiger partial charge in [-0.3, -0.25) is 9.59 Å². The summed E-state index contributed by atoms with van der Waals surface area (Å²) >= 11 is 0. The van der Waals surface area contributed by atoms with E-state index in [0.717, 1.165) is 18.6 Å². The molecule has 0 bridgehead atoms. The van der Waals surface area contributed by atoms with E-state index in [-0.39, 0.29) is 11.5 Å². The number of carbonyl (C=O) groups excluding carboxylic acids is 1. The molecule has 1 amide bonds. The second-order valence-electron chi connectivity index (χ2n) is 9.05. The molecule has 1 aliphatic rings. The van der Waals surface area contributed by atoms with Gasteiger partial charge in [0, 0.05) is 51.7 Å². The minimum atomic E-state index is -0.0272. The number of benzene rings is 1. The van der Waals surface area contributed by atoms with E-state index in [9.17, 15) is 9.59 Å². The van der Waals surface area contributed by atoms with Gasteiger partial charge in [-0.25, -0.2) is 0 Å². The molecule has 2 aromatic heterocycles. The first-order valence-electron chi connectivity index (χ1n) is 11.1. The molecule has 6 nitrogen and oxygen atoms in total. The van der Waals surface area contributed by atoms with Crippen LogP contribution in [0.1, 0.15) is 35.5 Å². The summed E-state index contributed by atoms with van der Waals surface area (Å²) in [6.07, 6.45) is 1.84. The molecule has 1 aromatic carbocycles. The molecule has 3 heterocycles. The van der Waals surface area contributed by atoms with Crippen molar-refractivity contribution in [3.63, 3.8) is 0 Å². The standard InChI is InChI=1S/C25H32N4O2/c1-17(2)16-29-10-9-22-20(24(29)30)15-23(26(22)5)25(31)28-13-11-27(12-14-28)21-8-6-7-18(3)19(21)4/h6-10,15,17H,11-14,16H2,1-5H3. The largest absolute Gasteiger partial charge is 0.368 e. The van der Waals surface area contributed by atoms with Crippen LogP contribution in [0.5, 0.6) is 0 Å². The lowest BCUT2D eigenvalue weighted by Gasteiger charge is -2.37. The number of nitrogens with zero attached hydrogens (tertiary/aromatic N) is 4. The Morgan fingerprint density at radius 1 is 1.06 bits per heavy atom. The number of pyridine rings is 1. The topological polar surface area (TPSA) is 50.5 Å². The number of fused-ring (bicyclic) bond motifs is 1. The Labute approximate surface area is 183 Å². The van der Waals surface area contributed by atoms with Gasteiger partial charge in [0.2, 0.25) is 0 Å². The quantitative estimate of drug-likeness (QED) is 0.648. The Morgan fingerprint density at radius 2 is 1.77 bits per heavy atom. The Morgan fingerprint density at radius 3 is 2.45 bits per heavy atom. The van der Waals surface area contributed by atoms with Crippen molar-refractivity contribution in [2.45, 2.75) is 34.2 Å². The number of aromatic nitrogens is 2. The third-order valence-electron chi connectivity index (χ3n) is 6.45. The lowest BCUT2D eigenvalue weighted by Crippen LogP contribution is -2.49. The zero-order valence-corrected chi connectivity index (χ0v) is 19.2. The molecule has 3 aromatic rings. The molecule has 31 heavy (non-hydrogen) atoms. The number of anilines is 1. The van der Waals surface area contributed by atoms with E-state index in [2.05, 4.69) is 50.8 Å². The van der Waals surface area contributed by atoms with Crippen molar-refractivity contribution in [3.8, 4) is 0 Å². The predicted molar refractivity (Wildman–Crippen MR) is 126 cm³/mol. The molecule has 0 atom stereocenters. The summed E-state index contributed by atoms with van der Waals surface area (Å²) in [5.74, 6) is 0.377. The molecule has 6 heteroatoms. The summed E-state index contributed by atoms with van der Waals surface area (Å²) in [7, 11) is 1.87. The summed E-state index contributed by atoms with van der Waals surface area (Å²) < 4.78 is 3.60. The third-order valence-corrected chi connectivity index (χ3v) is 6.45. The number of hydrogen-bond donors (Lipinski definition) is 0. The summed E-state index contributed by atoms with van der Waals surface area (Å²) in [6.45, 7) is 12.1. The molecular weight excluding hydrogens is 388 g/mol. The van der Waals surface area contributed by atoms with Gasteiger partial charge in [0.25, 0.3) is 11.5 Å². The third kappa shape index (κ3) is 3.87. The lowest BCUT2D eigenvalue weighted by atomic mass is 10.1. The van der Waals surface area contributed by atoms with Crippen molar-refractivity contribution in [2.24, 2.45) is 13.0 Å². The Kier molecular flexibility index (Phi) is 5.65. The van der Waals surface area contributed by atoms with Gasteiger partial charge >= 0.3 is 0 Å². The van der Waals surface area contributed by atoms with Crippen LogP contribution in [0.3, 0.4) is 0 Å². The molecule has 0 radical (unpaired) electrons. The maximum absolute atomic E-state index is 13.3. The van der Waals surface area contributed by atoms with E-state index in [1.807, 2.05) is 28.8 Å². The molecule has 1 saturated heterocycles. The normalized spacial score (nSPS) is 14.6. The van der Waals surface area contributed by atoms with Crippen LogP contribution in [-0.2, 0) is 13.6 Å². The van der Waals surface area contributed by atoms with Crippen LogP contribution >= 0.6 is 0 Å². The first-order valence-corrected chi connectivity index (χ1v) is 11.1. The predicted octanol–water partition coefficient (Wildman–Crippen LogP) is 3.58. The van der Waals surface area contributed by atoms with Gasteiger partial charge in [0.15, 0.2) is 0 Å². The van der Waals surface area contributed by atoms with E-state index < -0.39 is 0 Å². The maximum atomic E-state index is 13.3. The van der Waals surface area contributed by atoms with Crippen LogP contribution in [-0.4, -0.2) is 46.1 Å². The van der Waals surface area contributed by atoms with Gasteiger partial charge in [-0.05, 0) is 49.1 Å². The molecule has 0 N–H and O–H groups in total.